The van der Waals surface area contributed by atoms with Crippen molar-refractivity contribution in [3.63, 3.8) is 0 Å². The van der Waals surface area contributed by atoms with Gasteiger partial charge in [-0.15, -0.1) is 0 Å². The van der Waals surface area contributed by atoms with Gasteiger partial charge >= 0.3 is 0 Å². The molecule has 0 aliphatic carbocycles. The van der Waals surface area contributed by atoms with Crippen LogP contribution in [-0.4, -0.2) is 52.9 Å². The van der Waals surface area contributed by atoms with Crippen LogP contribution in [0, 0.1) is 0 Å². The van der Waals surface area contributed by atoms with E-state index in [1.54, 1.807) is 0 Å². The molecule has 21 heavy (non-hydrogen) atoms. The summed E-state index contributed by atoms with van der Waals surface area (Å²) in [6, 6.07) is 8.62. The van der Waals surface area contributed by atoms with E-state index in [-0.39, 0.29) is 6.04 Å². The van der Waals surface area contributed by atoms with E-state index in [4.69, 9.17) is 0 Å². The first-order valence-corrected chi connectivity index (χ1v) is 9.08. The van der Waals surface area contributed by atoms with Gasteiger partial charge in [0, 0.05) is 31.9 Å². The van der Waals surface area contributed by atoms with E-state index >= 15 is 0 Å². The highest BCUT2D eigenvalue weighted by Gasteiger charge is 2.28. The summed E-state index contributed by atoms with van der Waals surface area (Å²) in [7, 11) is 0. The predicted octanol–water partition coefficient (Wildman–Crippen LogP) is 2.40. The molecule has 3 rings (SSSR count). The number of hydrogen-bond donors (Lipinski definition) is 0. The molecule has 0 saturated carbocycles. The van der Waals surface area contributed by atoms with Crippen LogP contribution in [0.25, 0.3) is 0 Å². The van der Waals surface area contributed by atoms with Crippen LogP contribution in [0.15, 0.2) is 24.3 Å². The van der Waals surface area contributed by atoms with Gasteiger partial charge in [0.15, 0.2) is 0 Å². The van der Waals surface area contributed by atoms with E-state index in [0.717, 1.165) is 44.8 Å². The first kappa shape index (κ1) is 14.9. The van der Waals surface area contributed by atoms with Crippen LogP contribution in [-0.2, 0) is 17.8 Å². The van der Waals surface area contributed by atoms with Crippen LogP contribution in [0.4, 0.5) is 0 Å². The van der Waals surface area contributed by atoms with Crippen molar-refractivity contribution < 1.29 is 4.79 Å². The van der Waals surface area contributed by atoms with Gasteiger partial charge in [0.25, 0.3) is 0 Å². The third-order valence-corrected chi connectivity index (χ3v) is 5.65. The second kappa shape index (κ2) is 6.84. The van der Waals surface area contributed by atoms with E-state index in [1.165, 1.54) is 16.9 Å². The highest BCUT2D eigenvalue weighted by Crippen LogP contribution is 2.21. The highest BCUT2D eigenvalue weighted by molar-refractivity contribution is 7.99. The summed E-state index contributed by atoms with van der Waals surface area (Å²) >= 11 is 1.97. The Morgan fingerprint density at radius 1 is 1.14 bits per heavy atom. The van der Waals surface area contributed by atoms with E-state index in [0.29, 0.717) is 5.91 Å². The lowest BCUT2D eigenvalue weighted by Crippen LogP contribution is -2.49. The molecule has 0 unspecified atom stereocenters. The van der Waals surface area contributed by atoms with E-state index < -0.39 is 0 Å². The van der Waals surface area contributed by atoms with Crippen LogP contribution in [0.1, 0.15) is 24.5 Å². The van der Waals surface area contributed by atoms with Gasteiger partial charge in [0.2, 0.25) is 5.91 Å². The average Bonchev–Trinajstić information content (AvgIpc) is 2.82. The molecule has 0 N–H and O–H groups in total. The number of thioether (sulfide) groups is 1. The molecule has 1 saturated heterocycles. The number of fused-ring (bicyclic) bond motifs is 1. The fourth-order valence-electron chi connectivity index (χ4n) is 3.24. The zero-order chi connectivity index (χ0) is 14.7. The highest BCUT2D eigenvalue weighted by atomic mass is 32.2. The lowest BCUT2D eigenvalue weighted by Gasteiger charge is -2.35. The fourth-order valence-corrected chi connectivity index (χ4v) is 4.12. The molecule has 3 nitrogen and oxygen atoms in total. The number of hydrogen-bond acceptors (Lipinski definition) is 3. The summed E-state index contributed by atoms with van der Waals surface area (Å²) < 4.78 is 0. The summed E-state index contributed by atoms with van der Waals surface area (Å²) in [5.41, 5.74) is 2.83. The summed E-state index contributed by atoms with van der Waals surface area (Å²) in [6.07, 6.45) is 2.19. The molecular formula is C17H24N2OS. The molecular weight excluding hydrogens is 280 g/mol. The molecule has 114 valence electrons. The SMILES string of the molecule is C[C@@H](C(=O)N1CCCSCC1)N1CCc2ccccc2C1. The molecule has 4 heteroatoms. The quantitative estimate of drug-likeness (QED) is 0.838. The van der Waals surface area contributed by atoms with Gasteiger partial charge in [-0.3, -0.25) is 9.69 Å². The van der Waals surface area contributed by atoms with Crippen molar-refractivity contribution >= 4 is 17.7 Å². The lowest BCUT2D eigenvalue weighted by molar-refractivity contribution is -0.136. The Labute approximate surface area is 131 Å². The third-order valence-electron chi connectivity index (χ3n) is 4.60. The Hall–Kier alpha value is -1.00. The molecule has 1 aromatic carbocycles. The first-order valence-electron chi connectivity index (χ1n) is 7.93. The number of nitrogens with zero attached hydrogens (tertiary/aromatic N) is 2. The van der Waals surface area contributed by atoms with E-state index in [1.807, 2.05) is 11.8 Å². The zero-order valence-corrected chi connectivity index (χ0v) is 13.6. The van der Waals surface area contributed by atoms with Gasteiger partial charge in [0.1, 0.15) is 0 Å². The standard InChI is InChI=1S/C17H24N2OS/c1-14(17(20)18-8-4-11-21-12-10-18)19-9-7-15-5-2-3-6-16(15)13-19/h2-3,5-6,14H,4,7-13H2,1H3/t14-/m0/s1. The maximum Gasteiger partial charge on any atom is 0.239 e. The van der Waals surface area contributed by atoms with Gasteiger partial charge in [-0.2, -0.15) is 11.8 Å². The fraction of sp³-hybridized carbons (Fsp3) is 0.588. The van der Waals surface area contributed by atoms with Gasteiger partial charge in [-0.25, -0.2) is 0 Å². The molecule has 0 spiro atoms. The van der Waals surface area contributed by atoms with Gasteiger partial charge in [-0.05, 0) is 36.6 Å². The summed E-state index contributed by atoms with van der Waals surface area (Å²) in [6.45, 7) is 5.82. The zero-order valence-electron chi connectivity index (χ0n) is 12.8. The lowest BCUT2D eigenvalue weighted by atomic mass is 9.98. The molecule has 1 fully saturated rings. The van der Waals surface area contributed by atoms with Crippen LogP contribution >= 0.6 is 11.8 Å². The number of benzene rings is 1. The monoisotopic (exact) mass is 304 g/mol. The number of rotatable bonds is 2. The Morgan fingerprint density at radius 2 is 1.95 bits per heavy atom. The summed E-state index contributed by atoms with van der Waals surface area (Å²) in [5.74, 6) is 2.59. The third kappa shape index (κ3) is 3.43. The smallest absolute Gasteiger partial charge is 0.239 e. The maximum atomic E-state index is 12.7. The molecule has 0 radical (unpaired) electrons. The number of amides is 1. The van der Waals surface area contributed by atoms with Gasteiger partial charge in [-0.1, -0.05) is 24.3 Å². The minimum Gasteiger partial charge on any atom is -0.340 e. The molecule has 1 amide bonds. The maximum absolute atomic E-state index is 12.7. The topological polar surface area (TPSA) is 23.6 Å². The summed E-state index contributed by atoms with van der Waals surface area (Å²) in [5, 5.41) is 0. The van der Waals surface area contributed by atoms with E-state index in [2.05, 4.69) is 41.0 Å². The largest absolute Gasteiger partial charge is 0.340 e. The van der Waals surface area contributed by atoms with Crippen LogP contribution < -0.4 is 0 Å². The van der Waals surface area contributed by atoms with Crippen LogP contribution in [0.5, 0.6) is 0 Å². The molecule has 1 atom stereocenters. The van der Waals surface area contributed by atoms with Crippen molar-refractivity contribution in [1.29, 1.82) is 0 Å². The van der Waals surface area contributed by atoms with Gasteiger partial charge in [0.05, 0.1) is 6.04 Å². The Balaban J connectivity index is 1.65. The average molecular weight is 304 g/mol. The minimum absolute atomic E-state index is 0.00135. The molecule has 0 bridgehead atoms. The van der Waals surface area contributed by atoms with Crippen molar-refractivity contribution in [2.45, 2.75) is 32.4 Å². The molecule has 2 aliphatic heterocycles. The van der Waals surface area contributed by atoms with Crippen molar-refractivity contribution in [3.8, 4) is 0 Å². The Morgan fingerprint density at radius 3 is 2.81 bits per heavy atom. The van der Waals surface area contributed by atoms with Gasteiger partial charge < -0.3 is 4.90 Å². The van der Waals surface area contributed by atoms with Crippen molar-refractivity contribution in [3.05, 3.63) is 35.4 Å². The second-order valence-electron chi connectivity index (χ2n) is 5.96. The second-order valence-corrected chi connectivity index (χ2v) is 7.18. The summed E-state index contributed by atoms with van der Waals surface area (Å²) in [4.78, 5) is 17.1. The van der Waals surface area contributed by atoms with E-state index in [9.17, 15) is 4.79 Å². The van der Waals surface area contributed by atoms with Crippen molar-refractivity contribution in [2.75, 3.05) is 31.1 Å². The predicted molar refractivity (Wildman–Crippen MR) is 88.5 cm³/mol. The molecule has 2 aliphatic rings. The number of carbonyl (C=O) groups excluding carboxylic acids is 1. The van der Waals surface area contributed by atoms with Crippen LogP contribution in [0.3, 0.4) is 0 Å². The number of carbonyl (C=O) groups is 1. The first-order chi connectivity index (χ1) is 10.3. The molecule has 2 heterocycles. The van der Waals surface area contributed by atoms with Crippen molar-refractivity contribution in [1.82, 2.24) is 9.80 Å². The van der Waals surface area contributed by atoms with Crippen LogP contribution in [0.2, 0.25) is 0 Å². The Kier molecular flexibility index (Phi) is 4.86. The normalized spacial score (nSPS) is 21.5. The Bertz CT molecular complexity index is 497. The minimum atomic E-state index is 0.00135. The van der Waals surface area contributed by atoms with Crippen molar-refractivity contribution in [2.24, 2.45) is 0 Å². The molecule has 1 aromatic rings. The molecule has 0 aromatic heterocycles.